The normalized spacial score (nSPS) is 11.2. The molecule has 1 aromatic carbocycles. The molecule has 0 fully saturated rings. The van der Waals surface area contributed by atoms with E-state index in [2.05, 4.69) is 10.1 Å². The molecule has 1 amide bonds. The Morgan fingerprint density at radius 2 is 2.03 bits per heavy atom. The molecule has 0 spiro atoms. The van der Waals surface area contributed by atoms with E-state index in [1.165, 1.54) is 0 Å². The van der Waals surface area contributed by atoms with Crippen LogP contribution >= 0.6 is 11.6 Å². The molecule has 0 saturated heterocycles. The van der Waals surface area contributed by atoms with E-state index in [9.17, 15) is 4.79 Å². The predicted octanol–water partition coefficient (Wildman–Crippen LogP) is 4.09. The van der Waals surface area contributed by atoms with Gasteiger partial charge in [-0.25, -0.2) is 9.97 Å². The number of hydrogen-bond acceptors (Lipinski definition) is 4. The second-order valence-corrected chi connectivity index (χ2v) is 7.81. The van der Waals surface area contributed by atoms with Crippen LogP contribution in [0.15, 0.2) is 43.0 Å². The average Bonchev–Trinajstić information content (AvgIpc) is 3.32. The molecule has 0 saturated carbocycles. The van der Waals surface area contributed by atoms with Gasteiger partial charge in [0.05, 0.1) is 29.3 Å². The molecule has 0 unspecified atom stereocenters. The third-order valence-electron chi connectivity index (χ3n) is 5.23. The zero-order chi connectivity index (χ0) is 21.4. The Balaban J connectivity index is 1.76. The van der Waals surface area contributed by atoms with E-state index < -0.39 is 0 Å². The summed E-state index contributed by atoms with van der Waals surface area (Å²) in [4.78, 5) is 24.2. The molecule has 30 heavy (non-hydrogen) atoms. The maximum absolute atomic E-state index is 13.5. The molecule has 7 nitrogen and oxygen atoms in total. The van der Waals surface area contributed by atoms with Crippen molar-refractivity contribution in [3.63, 3.8) is 0 Å². The van der Waals surface area contributed by atoms with Crippen LogP contribution in [-0.2, 0) is 20.1 Å². The van der Waals surface area contributed by atoms with Gasteiger partial charge in [-0.1, -0.05) is 11.6 Å². The van der Waals surface area contributed by atoms with Gasteiger partial charge in [0.2, 0.25) is 0 Å². The fourth-order valence-electron chi connectivity index (χ4n) is 3.54. The molecule has 4 rings (SSSR count). The summed E-state index contributed by atoms with van der Waals surface area (Å²) in [5.41, 5.74) is 4.70. The standard InChI is InChI=1S/C22H23ClN6O/c1-5-29-14(2)15(10-25-29)11-28(4)22(30)18-9-20(21-12-27(3)13-24-21)26-19-7-6-16(23)8-17(18)19/h6-10,12-13H,5,11H2,1-4H3. The molecular weight excluding hydrogens is 400 g/mol. The number of carbonyl (C=O) groups excluding carboxylic acids is 1. The maximum atomic E-state index is 13.5. The van der Waals surface area contributed by atoms with Gasteiger partial charge in [-0.05, 0) is 38.1 Å². The van der Waals surface area contributed by atoms with Crippen LogP contribution in [0.1, 0.15) is 28.5 Å². The molecule has 0 bridgehead atoms. The summed E-state index contributed by atoms with van der Waals surface area (Å²) in [7, 11) is 3.69. The number of amides is 1. The molecular formula is C22H23ClN6O. The number of fused-ring (bicyclic) bond motifs is 1. The van der Waals surface area contributed by atoms with Crippen LogP contribution in [0.4, 0.5) is 0 Å². The molecule has 0 aliphatic carbocycles. The van der Waals surface area contributed by atoms with Crippen LogP contribution in [0.3, 0.4) is 0 Å². The number of aromatic nitrogens is 5. The first kappa shape index (κ1) is 20.1. The highest BCUT2D eigenvalue weighted by atomic mass is 35.5. The first-order chi connectivity index (χ1) is 14.4. The van der Waals surface area contributed by atoms with Crippen LogP contribution in [0.2, 0.25) is 5.02 Å². The molecule has 4 aromatic rings. The molecule has 0 radical (unpaired) electrons. The van der Waals surface area contributed by atoms with Crippen molar-refractivity contribution in [2.45, 2.75) is 26.9 Å². The van der Waals surface area contributed by atoms with Gasteiger partial charge < -0.3 is 9.47 Å². The average molecular weight is 423 g/mol. The monoisotopic (exact) mass is 422 g/mol. The van der Waals surface area contributed by atoms with E-state index in [1.54, 1.807) is 36.5 Å². The fraction of sp³-hybridized carbons (Fsp3) is 0.273. The number of benzene rings is 1. The van der Waals surface area contributed by atoms with Crippen molar-refractivity contribution < 1.29 is 4.79 Å². The second kappa shape index (κ2) is 7.91. The summed E-state index contributed by atoms with van der Waals surface area (Å²) >= 11 is 6.22. The van der Waals surface area contributed by atoms with Crippen molar-refractivity contribution in [1.82, 2.24) is 29.2 Å². The van der Waals surface area contributed by atoms with Gasteiger partial charge in [0, 0.05) is 55.0 Å². The topological polar surface area (TPSA) is 68.8 Å². The van der Waals surface area contributed by atoms with E-state index in [-0.39, 0.29) is 5.91 Å². The van der Waals surface area contributed by atoms with Crippen LogP contribution in [0.5, 0.6) is 0 Å². The molecule has 0 atom stereocenters. The Morgan fingerprint density at radius 3 is 2.70 bits per heavy atom. The van der Waals surface area contributed by atoms with E-state index in [4.69, 9.17) is 16.6 Å². The molecule has 3 heterocycles. The van der Waals surface area contributed by atoms with Crippen molar-refractivity contribution >= 4 is 28.4 Å². The van der Waals surface area contributed by atoms with Crippen LogP contribution in [-0.4, -0.2) is 42.2 Å². The summed E-state index contributed by atoms with van der Waals surface area (Å²) in [6, 6.07) is 7.19. The first-order valence-electron chi connectivity index (χ1n) is 9.72. The zero-order valence-electron chi connectivity index (χ0n) is 17.4. The largest absolute Gasteiger partial charge is 0.340 e. The Morgan fingerprint density at radius 1 is 1.23 bits per heavy atom. The minimum absolute atomic E-state index is 0.106. The van der Waals surface area contributed by atoms with Gasteiger partial charge in [-0.15, -0.1) is 0 Å². The van der Waals surface area contributed by atoms with E-state index in [0.717, 1.165) is 23.2 Å². The number of nitrogens with zero attached hydrogens (tertiary/aromatic N) is 6. The summed E-state index contributed by atoms with van der Waals surface area (Å²) < 4.78 is 3.78. The third-order valence-corrected chi connectivity index (χ3v) is 5.46. The maximum Gasteiger partial charge on any atom is 0.254 e. The Labute approximate surface area is 179 Å². The number of aryl methyl sites for hydroxylation is 2. The highest BCUT2D eigenvalue weighted by Gasteiger charge is 2.20. The molecule has 3 aromatic heterocycles. The lowest BCUT2D eigenvalue weighted by Crippen LogP contribution is -2.26. The zero-order valence-corrected chi connectivity index (χ0v) is 18.2. The molecule has 154 valence electrons. The van der Waals surface area contributed by atoms with E-state index in [0.29, 0.717) is 34.0 Å². The number of halogens is 1. The van der Waals surface area contributed by atoms with Crippen LogP contribution < -0.4 is 0 Å². The molecule has 0 aliphatic heterocycles. The van der Waals surface area contributed by atoms with E-state index in [1.807, 2.05) is 48.6 Å². The van der Waals surface area contributed by atoms with Crippen molar-refractivity contribution in [2.24, 2.45) is 7.05 Å². The number of rotatable bonds is 5. The summed E-state index contributed by atoms with van der Waals surface area (Å²) in [5.74, 6) is -0.106. The smallest absolute Gasteiger partial charge is 0.254 e. The minimum Gasteiger partial charge on any atom is -0.340 e. The van der Waals surface area contributed by atoms with Crippen molar-refractivity contribution in [3.8, 4) is 11.4 Å². The first-order valence-corrected chi connectivity index (χ1v) is 10.1. The molecule has 8 heteroatoms. The fourth-order valence-corrected chi connectivity index (χ4v) is 3.72. The number of carbonyl (C=O) groups is 1. The molecule has 0 aliphatic rings. The summed E-state index contributed by atoms with van der Waals surface area (Å²) in [6.07, 6.45) is 5.42. The Bertz CT molecular complexity index is 1240. The lowest BCUT2D eigenvalue weighted by Gasteiger charge is -2.19. The Hall–Kier alpha value is -3.19. The van der Waals surface area contributed by atoms with Crippen molar-refractivity contribution in [3.05, 3.63) is 64.8 Å². The second-order valence-electron chi connectivity index (χ2n) is 7.37. The lowest BCUT2D eigenvalue weighted by atomic mass is 10.1. The van der Waals surface area contributed by atoms with Gasteiger partial charge in [0.1, 0.15) is 5.69 Å². The van der Waals surface area contributed by atoms with Crippen LogP contribution in [0, 0.1) is 6.92 Å². The highest BCUT2D eigenvalue weighted by molar-refractivity contribution is 6.31. The highest BCUT2D eigenvalue weighted by Crippen LogP contribution is 2.27. The summed E-state index contributed by atoms with van der Waals surface area (Å²) in [6.45, 7) is 5.33. The lowest BCUT2D eigenvalue weighted by molar-refractivity contribution is 0.0787. The van der Waals surface area contributed by atoms with Gasteiger partial charge in [0.15, 0.2) is 0 Å². The van der Waals surface area contributed by atoms with E-state index >= 15 is 0 Å². The summed E-state index contributed by atoms with van der Waals surface area (Å²) in [5, 5.41) is 5.66. The van der Waals surface area contributed by atoms with Crippen molar-refractivity contribution in [1.29, 1.82) is 0 Å². The third kappa shape index (κ3) is 3.68. The van der Waals surface area contributed by atoms with Gasteiger partial charge in [-0.2, -0.15) is 5.10 Å². The van der Waals surface area contributed by atoms with Gasteiger partial charge >= 0.3 is 0 Å². The predicted molar refractivity (Wildman–Crippen MR) is 117 cm³/mol. The van der Waals surface area contributed by atoms with Crippen LogP contribution in [0.25, 0.3) is 22.3 Å². The minimum atomic E-state index is -0.106. The number of hydrogen-bond donors (Lipinski definition) is 0. The SMILES string of the molecule is CCn1ncc(CN(C)C(=O)c2cc(-c3cn(C)cn3)nc3ccc(Cl)cc23)c1C. The van der Waals surface area contributed by atoms with Gasteiger partial charge in [-0.3, -0.25) is 9.48 Å². The van der Waals surface area contributed by atoms with Gasteiger partial charge in [0.25, 0.3) is 5.91 Å². The van der Waals surface area contributed by atoms with Crippen molar-refractivity contribution in [2.75, 3.05) is 7.05 Å². The number of imidazole rings is 1. The Kier molecular flexibility index (Phi) is 5.30. The number of pyridine rings is 1. The quantitative estimate of drug-likeness (QED) is 0.485. The molecule has 0 N–H and O–H groups in total.